The molecule has 2 aromatic heterocycles. The number of amides is 2. The number of nitrogens with zero attached hydrogens (tertiary/aromatic N) is 3. The number of para-hydroxylation sites is 1. The van der Waals surface area contributed by atoms with E-state index < -0.39 is 0 Å². The Bertz CT molecular complexity index is 1230. The number of fused-ring (bicyclic) bond motifs is 3. The molecule has 34 heavy (non-hydrogen) atoms. The standard InChI is InChI=1S/C26H28N4O3S/c1-17-14-20(28-23(15-17)29-9-5-12-33-13-11-29)26(32)30-10-8-18-16-22(25(31)27-2)34-24(18)19-6-3-4-7-21(19)30/h3-4,6-7,14-16H,5,8-13H2,1-2H3,(H,27,31). The van der Waals surface area contributed by atoms with E-state index in [1.165, 1.54) is 11.3 Å². The number of rotatable bonds is 3. The predicted molar refractivity (Wildman–Crippen MR) is 135 cm³/mol. The molecule has 1 N–H and O–H groups in total. The lowest BCUT2D eigenvalue weighted by Crippen LogP contribution is -2.34. The number of thiophene rings is 1. The first-order valence-corrected chi connectivity index (χ1v) is 12.4. The molecule has 0 saturated carbocycles. The van der Waals surface area contributed by atoms with E-state index in [4.69, 9.17) is 9.72 Å². The fourth-order valence-electron chi connectivity index (χ4n) is 4.58. The van der Waals surface area contributed by atoms with Crippen LogP contribution < -0.4 is 15.1 Å². The van der Waals surface area contributed by atoms with Crippen molar-refractivity contribution in [3.05, 3.63) is 64.2 Å². The lowest BCUT2D eigenvalue weighted by atomic mass is 10.1. The van der Waals surface area contributed by atoms with Gasteiger partial charge in [0.1, 0.15) is 11.5 Å². The summed E-state index contributed by atoms with van der Waals surface area (Å²) < 4.78 is 5.59. The molecule has 3 aromatic rings. The summed E-state index contributed by atoms with van der Waals surface area (Å²) in [5, 5.41) is 2.71. The first-order chi connectivity index (χ1) is 16.5. The quantitative estimate of drug-likeness (QED) is 0.621. The topological polar surface area (TPSA) is 74.8 Å². The van der Waals surface area contributed by atoms with Gasteiger partial charge in [-0.2, -0.15) is 0 Å². The lowest BCUT2D eigenvalue weighted by Gasteiger charge is -2.25. The summed E-state index contributed by atoms with van der Waals surface area (Å²) in [6.07, 6.45) is 1.62. The summed E-state index contributed by atoms with van der Waals surface area (Å²) in [5.74, 6) is 0.635. The van der Waals surface area contributed by atoms with Gasteiger partial charge in [0, 0.05) is 43.7 Å². The third-order valence-electron chi connectivity index (χ3n) is 6.27. The molecule has 5 rings (SSSR count). The van der Waals surface area contributed by atoms with Gasteiger partial charge in [0.15, 0.2) is 0 Å². The maximum Gasteiger partial charge on any atom is 0.276 e. The van der Waals surface area contributed by atoms with E-state index in [9.17, 15) is 9.59 Å². The van der Waals surface area contributed by atoms with Crippen molar-refractivity contribution in [3.8, 4) is 10.4 Å². The molecule has 0 radical (unpaired) electrons. The van der Waals surface area contributed by atoms with Crippen molar-refractivity contribution in [1.29, 1.82) is 0 Å². The Balaban J connectivity index is 1.50. The second-order valence-corrected chi connectivity index (χ2v) is 9.66. The first-order valence-electron chi connectivity index (χ1n) is 11.6. The molecular weight excluding hydrogens is 448 g/mol. The zero-order chi connectivity index (χ0) is 23.7. The highest BCUT2D eigenvalue weighted by Gasteiger charge is 2.28. The van der Waals surface area contributed by atoms with Gasteiger partial charge < -0.3 is 19.9 Å². The normalized spacial score (nSPS) is 15.7. The molecule has 2 aliphatic rings. The summed E-state index contributed by atoms with van der Waals surface area (Å²) in [4.78, 5) is 36.6. The van der Waals surface area contributed by atoms with Crippen LogP contribution in [0.15, 0.2) is 42.5 Å². The average molecular weight is 477 g/mol. The number of nitrogens with one attached hydrogen (secondary N) is 1. The van der Waals surface area contributed by atoms with Crippen LogP contribution in [0.3, 0.4) is 0 Å². The van der Waals surface area contributed by atoms with E-state index in [0.29, 0.717) is 30.1 Å². The van der Waals surface area contributed by atoms with E-state index in [1.807, 2.05) is 54.3 Å². The van der Waals surface area contributed by atoms with Gasteiger partial charge >= 0.3 is 0 Å². The zero-order valence-corrected chi connectivity index (χ0v) is 20.3. The van der Waals surface area contributed by atoms with Gasteiger partial charge in [-0.05, 0) is 55.2 Å². The number of anilines is 2. The van der Waals surface area contributed by atoms with Gasteiger partial charge in [0.25, 0.3) is 11.8 Å². The summed E-state index contributed by atoms with van der Waals surface area (Å²) in [5.41, 5.74) is 4.38. The Morgan fingerprint density at radius 2 is 1.94 bits per heavy atom. The van der Waals surface area contributed by atoms with Crippen molar-refractivity contribution in [3.63, 3.8) is 0 Å². The molecule has 2 amide bonds. The number of pyridine rings is 1. The number of carbonyl (C=O) groups excluding carboxylic acids is 2. The maximum atomic E-state index is 13.8. The molecule has 0 aliphatic carbocycles. The number of benzene rings is 1. The highest BCUT2D eigenvalue weighted by atomic mass is 32.1. The third-order valence-corrected chi connectivity index (χ3v) is 7.48. The average Bonchev–Trinajstić information content (AvgIpc) is 3.01. The Morgan fingerprint density at radius 1 is 1.09 bits per heavy atom. The monoisotopic (exact) mass is 476 g/mol. The zero-order valence-electron chi connectivity index (χ0n) is 19.5. The minimum absolute atomic E-state index is 0.0844. The van der Waals surface area contributed by atoms with E-state index >= 15 is 0 Å². The van der Waals surface area contributed by atoms with Crippen LogP contribution in [0.25, 0.3) is 10.4 Å². The fourth-order valence-corrected chi connectivity index (χ4v) is 5.77. The molecule has 8 heteroatoms. The number of aromatic nitrogens is 1. The van der Waals surface area contributed by atoms with E-state index in [-0.39, 0.29) is 11.8 Å². The molecule has 0 unspecified atom stereocenters. The van der Waals surface area contributed by atoms with Crippen LogP contribution in [0, 0.1) is 6.92 Å². The van der Waals surface area contributed by atoms with E-state index in [2.05, 4.69) is 10.2 Å². The number of hydrogen-bond acceptors (Lipinski definition) is 6. The van der Waals surface area contributed by atoms with Crippen LogP contribution in [-0.2, 0) is 11.2 Å². The SMILES string of the molecule is CNC(=O)c1cc2c(s1)-c1ccccc1N(C(=O)c1cc(C)cc(N3CCCOCC3)n1)CC2. The molecule has 7 nitrogen and oxygen atoms in total. The predicted octanol–water partition coefficient (Wildman–Crippen LogP) is 3.91. The van der Waals surface area contributed by atoms with Crippen molar-refractivity contribution in [1.82, 2.24) is 10.3 Å². The summed E-state index contributed by atoms with van der Waals surface area (Å²) in [7, 11) is 1.64. The second kappa shape index (κ2) is 9.56. The van der Waals surface area contributed by atoms with Gasteiger partial charge in [0.2, 0.25) is 0 Å². The molecule has 2 aliphatic heterocycles. The van der Waals surface area contributed by atoms with Crippen molar-refractivity contribution in [2.75, 3.05) is 49.7 Å². The maximum absolute atomic E-state index is 13.8. The number of carbonyl (C=O) groups is 2. The smallest absolute Gasteiger partial charge is 0.276 e. The van der Waals surface area contributed by atoms with Gasteiger partial charge in [0.05, 0.1) is 17.2 Å². The molecule has 0 atom stereocenters. The van der Waals surface area contributed by atoms with E-state index in [1.54, 1.807) is 7.05 Å². The molecule has 4 heterocycles. The van der Waals surface area contributed by atoms with Crippen LogP contribution in [0.1, 0.15) is 37.7 Å². The number of hydrogen-bond donors (Lipinski definition) is 1. The van der Waals surface area contributed by atoms with E-state index in [0.717, 1.165) is 59.2 Å². The molecule has 0 bridgehead atoms. The summed E-state index contributed by atoms with van der Waals surface area (Å²) >= 11 is 1.48. The Kier molecular flexibility index (Phi) is 6.34. The highest BCUT2D eigenvalue weighted by Crippen LogP contribution is 2.41. The van der Waals surface area contributed by atoms with Crippen LogP contribution >= 0.6 is 11.3 Å². The van der Waals surface area contributed by atoms with Crippen molar-refractivity contribution < 1.29 is 14.3 Å². The van der Waals surface area contributed by atoms with Crippen molar-refractivity contribution in [2.24, 2.45) is 0 Å². The van der Waals surface area contributed by atoms with Crippen molar-refractivity contribution in [2.45, 2.75) is 19.8 Å². The molecule has 1 aromatic carbocycles. The van der Waals surface area contributed by atoms with Crippen LogP contribution in [0.2, 0.25) is 0 Å². The number of aryl methyl sites for hydroxylation is 1. The fraction of sp³-hybridized carbons (Fsp3) is 0.346. The first kappa shape index (κ1) is 22.6. The van der Waals surface area contributed by atoms with Crippen LogP contribution in [-0.4, -0.2) is 56.7 Å². The molecule has 176 valence electrons. The molecular formula is C26H28N4O3S. The number of ether oxygens (including phenoxy) is 1. The summed E-state index contributed by atoms with van der Waals surface area (Å²) in [6.45, 7) is 5.58. The molecule has 1 saturated heterocycles. The van der Waals surface area contributed by atoms with Crippen molar-refractivity contribution >= 4 is 34.7 Å². The summed E-state index contributed by atoms with van der Waals surface area (Å²) in [6, 6.07) is 13.8. The van der Waals surface area contributed by atoms with Gasteiger partial charge in [-0.1, -0.05) is 18.2 Å². The Labute approximate surface area is 203 Å². The van der Waals surface area contributed by atoms with Crippen LogP contribution in [0.4, 0.5) is 11.5 Å². The minimum Gasteiger partial charge on any atom is -0.380 e. The highest BCUT2D eigenvalue weighted by molar-refractivity contribution is 7.17. The third kappa shape index (κ3) is 4.31. The minimum atomic E-state index is -0.106. The van der Waals surface area contributed by atoms with Gasteiger partial charge in [-0.25, -0.2) is 4.98 Å². The lowest BCUT2D eigenvalue weighted by molar-refractivity contribution is 0.0963. The van der Waals surface area contributed by atoms with Crippen LogP contribution in [0.5, 0.6) is 0 Å². The second-order valence-electron chi connectivity index (χ2n) is 8.61. The largest absolute Gasteiger partial charge is 0.380 e. The molecule has 0 spiro atoms. The Morgan fingerprint density at radius 3 is 2.79 bits per heavy atom. The van der Waals surface area contributed by atoms with Gasteiger partial charge in [-0.15, -0.1) is 11.3 Å². The molecule has 1 fully saturated rings. The Hall–Kier alpha value is -3.23. The van der Waals surface area contributed by atoms with Gasteiger partial charge in [-0.3, -0.25) is 9.59 Å².